The monoisotopic (exact) mass is 194 g/mol. The predicted octanol–water partition coefficient (Wildman–Crippen LogP) is 1.62. The Morgan fingerprint density at radius 1 is 1.43 bits per heavy atom. The van der Waals surface area contributed by atoms with Gasteiger partial charge in [-0.15, -0.1) is 0 Å². The van der Waals surface area contributed by atoms with Gasteiger partial charge in [-0.25, -0.2) is 0 Å². The van der Waals surface area contributed by atoms with Crippen LogP contribution in [0.4, 0.5) is 0 Å². The lowest BCUT2D eigenvalue weighted by atomic mass is 9.71. The van der Waals surface area contributed by atoms with Gasteiger partial charge in [-0.1, -0.05) is 19.1 Å². The van der Waals surface area contributed by atoms with Gasteiger partial charge in [0.05, 0.1) is 0 Å². The first-order valence-corrected chi connectivity index (χ1v) is 5.68. The van der Waals surface area contributed by atoms with Crippen molar-refractivity contribution in [1.82, 2.24) is 4.90 Å². The highest BCUT2D eigenvalue weighted by atomic mass is 15.1. The minimum Gasteiger partial charge on any atom is -0.327 e. The summed E-state index contributed by atoms with van der Waals surface area (Å²) < 4.78 is 0. The van der Waals surface area contributed by atoms with Gasteiger partial charge in [0.2, 0.25) is 0 Å². The number of nitrogens with zero attached hydrogens (tertiary/aromatic N) is 1. The van der Waals surface area contributed by atoms with Crippen molar-refractivity contribution >= 4 is 0 Å². The van der Waals surface area contributed by atoms with Gasteiger partial charge in [-0.3, -0.25) is 0 Å². The molecule has 1 aliphatic heterocycles. The molecule has 2 atom stereocenters. The Morgan fingerprint density at radius 2 is 2.00 bits per heavy atom. The van der Waals surface area contributed by atoms with Crippen molar-refractivity contribution in [3.8, 4) is 0 Å². The number of likely N-dealkylation sites (tertiary alicyclic amines) is 1. The lowest BCUT2D eigenvalue weighted by Gasteiger charge is -2.42. The van der Waals surface area contributed by atoms with E-state index >= 15 is 0 Å². The molecule has 2 nitrogen and oxygen atoms in total. The second-order valence-corrected chi connectivity index (χ2v) is 5.27. The van der Waals surface area contributed by atoms with E-state index in [4.69, 9.17) is 5.73 Å². The number of rotatable bonds is 0. The van der Waals surface area contributed by atoms with Crippen molar-refractivity contribution in [2.24, 2.45) is 17.1 Å². The zero-order chi connectivity index (χ0) is 10.3. The van der Waals surface area contributed by atoms with E-state index in [2.05, 4.69) is 25.5 Å². The third kappa shape index (κ3) is 1.32. The highest BCUT2D eigenvalue weighted by Crippen LogP contribution is 2.50. The molecule has 0 aromatic carbocycles. The first-order chi connectivity index (χ1) is 6.56. The van der Waals surface area contributed by atoms with Crippen LogP contribution in [0.25, 0.3) is 0 Å². The summed E-state index contributed by atoms with van der Waals surface area (Å²) in [5.41, 5.74) is 8.05. The molecular formula is C12H22N2. The molecule has 1 aliphatic carbocycles. The zero-order valence-electron chi connectivity index (χ0n) is 9.42. The molecule has 2 rings (SSSR count). The van der Waals surface area contributed by atoms with Crippen LogP contribution in [0.15, 0.2) is 12.2 Å². The smallest absolute Gasteiger partial charge is 0.0163 e. The third-order valence-electron chi connectivity index (χ3n) is 4.40. The number of nitrogens with two attached hydrogens (primary N) is 1. The summed E-state index contributed by atoms with van der Waals surface area (Å²) in [6.45, 7) is 8.89. The normalized spacial score (nSPS) is 38.1. The minimum atomic E-state index is 0.284. The number of hydrogen-bond donors (Lipinski definition) is 1. The quantitative estimate of drug-likeness (QED) is 0.594. The van der Waals surface area contributed by atoms with Gasteiger partial charge >= 0.3 is 0 Å². The Balaban J connectivity index is 2.18. The standard InChI is InChI=1S/C12H22N2/c1-9-8-10(2)12(11(9)13)4-6-14(3)7-5-12/h9,11H,2,4-8,13H2,1,3H3/t9?,11-/m1/s1. The Labute approximate surface area is 87.2 Å². The topological polar surface area (TPSA) is 29.3 Å². The van der Waals surface area contributed by atoms with Crippen LogP contribution >= 0.6 is 0 Å². The Hall–Kier alpha value is -0.340. The molecular weight excluding hydrogens is 172 g/mol. The molecule has 0 radical (unpaired) electrons. The van der Waals surface area contributed by atoms with E-state index in [0.29, 0.717) is 12.0 Å². The summed E-state index contributed by atoms with van der Waals surface area (Å²) in [6.07, 6.45) is 3.58. The molecule has 1 heterocycles. The average Bonchev–Trinajstić information content (AvgIpc) is 2.36. The molecule has 1 unspecified atom stereocenters. The van der Waals surface area contributed by atoms with Crippen LogP contribution in [0, 0.1) is 11.3 Å². The Bertz CT molecular complexity index is 239. The zero-order valence-corrected chi connectivity index (χ0v) is 9.42. The molecule has 14 heavy (non-hydrogen) atoms. The minimum absolute atomic E-state index is 0.284. The van der Waals surface area contributed by atoms with Gasteiger partial charge in [0.15, 0.2) is 0 Å². The van der Waals surface area contributed by atoms with Crippen molar-refractivity contribution in [3.05, 3.63) is 12.2 Å². The predicted molar refractivity (Wildman–Crippen MR) is 60.1 cm³/mol. The van der Waals surface area contributed by atoms with E-state index in [9.17, 15) is 0 Å². The third-order valence-corrected chi connectivity index (χ3v) is 4.40. The molecule has 2 N–H and O–H groups in total. The van der Waals surface area contributed by atoms with E-state index in [0.717, 1.165) is 6.42 Å². The highest BCUT2D eigenvalue weighted by Gasteiger charge is 2.48. The first-order valence-electron chi connectivity index (χ1n) is 5.68. The van der Waals surface area contributed by atoms with Crippen molar-refractivity contribution in [1.29, 1.82) is 0 Å². The van der Waals surface area contributed by atoms with Gasteiger partial charge < -0.3 is 10.6 Å². The summed E-state index contributed by atoms with van der Waals surface area (Å²) in [5, 5.41) is 0. The van der Waals surface area contributed by atoms with Crippen molar-refractivity contribution in [2.75, 3.05) is 20.1 Å². The number of piperidine rings is 1. The second kappa shape index (κ2) is 3.35. The molecule has 0 bridgehead atoms. The van der Waals surface area contributed by atoms with Crippen LogP contribution in [0.3, 0.4) is 0 Å². The second-order valence-electron chi connectivity index (χ2n) is 5.27. The van der Waals surface area contributed by atoms with Crippen LogP contribution < -0.4 is 5.73 Å². The molecule has 1 spiro atoms. The molecule has 0 aromatic heterocycles. The van der Waals surface area contributed by atoms with Crippen molar-refractivity contribution in [3.63, 3.8) is 0 Å². The van der Waals surface area contributed by atoms with Gasteiger partial charge in [0, 0.05) is 11.5 Å². The van der Waals surface area contributed by atoms with Gasteiger partial charge in [-0.2, -0.15) is 0 Å². The fourth-order valence-corrected chi connectivity index (χ4v) is 3.20. The largest absolute Gasteiger partial charge is 0.327 e. The summed E-state index contributed by atoms with van der Waals surface area (Å²) in [6, 6.07) is 0.351. The van der Waals surface area contributed by atoms with Crippen molar-refractivity contribution in [2.45, 2.75) is 32.2 Å². The molecule has 2 aliphatic rings. The van der Waals surface area contributed by atoms with Gasteiger partial charge in [0.1, 0.15) is 0 Å². The van der Waals surface area contributed by atoms with Gasteiger partial charge in [-0.05, 0) is 45.3 Å². The summed E-state index contributed by atoms with van der Waals surface area (Å²) in [4.78, 5) is 2.40. The molecule has 0 aromatic rings. The van der Waals surface area contributed by atoms with E-state index in [1.54, 1.807) is 0 Å². The maximum atomic E-state index is 6.34. The van der Waals surface area contributed by atoms with Crippen LogP contribution in [-0.4, -0.2) is 31.1 Å². The van der Waals surface area contributed by atoms with Gasteiger partial charge in [0.25, 0.3) is 0 Å². The van der Waals surface area contributed by atoms with Crippen LogP contribution in [-0.2, 0) is 0 Å². The summed E-state index contributed by atoms with van der Waals surface area (Å²) in [7, 11) is 2.19. The van der Waals surface area contributed by atoms with E-state index < -0.39 is 0 Å². The van der Waals surface area contributed by atoms with E-state index in [1.165, 1.54) is 31.5 Å². The molecule has 80 valence electrons. The van der Waals surface area contributed by atoms with Crippen LogP contribution in [0.2, 0.25) is 0 Å². The van der Waals surface area contributed by atoms with Crippen molar-refractivity contribution < 1.29 is 0 Å². The maximum absolute atomic E-state index is 6.34. The maximum Gasteiger partial charge on any atom is 0.0163 e. The van der Waals surface area contributed by atoms with E-state index in [-0.39, 0.29) is 5.41 Å². The Morgan fingerprint density at radius 3 is 2.43 bits per heavy atom. The van der Waals surface area contributed by atoms with E-state index in [1.807, 2.05) is 0 Å². The summed E-state index contributed by atoms with van der Waals surface area (Å²) >= 11 is 0. The summed E-state index contributed by atoms with van der Waals surface area (Å²) in [5.74, 6) is 0.630. The average molecular weight is 194 g/mol. The van der Waals surface area contributed by atoms with Crippen LogP contribution in [0.1, 0.15) is 26.2 Å². The lowest BCUT2D eigenvalue weighted by molar-refractivity contribution is 0.135. The highest BCUT2D eigenvalue weighted by molar-refractivity contribution is 5.23. The Kier molecular flexibility index (Phi) is 2.44. The molecule has 1 saturated heterocycles. The molecule has 2 fully saturated rings. The first kappa shape index (κ1) is 10.2. The molecule has 0 amide bonds. The molecule has 1 saturated carbocycles. The fraction of sp³-hybridized carbons (Fsp3) is 0.833. The lowest BCUT2D eigenvalue weighted by Crippen LogP contribution is -2.48. The molecule has 2 heteroatoms. The SMILES string of the molecule is C=C1CC(C)[C@@H](N)C12CCN(C)CC2. The van der Waals surface area contributed by atoms with Crippen LogP contribution in [0.5, 0.6) is 0 Å². The number of hydrogen-bond acceptors (Lipinski definition) is 2. The fourth-order valence-electron chi connectivity index (χ4n) is 3.20.